The van der Waals surface area contributed by atoms with Crippen molar-refractivity contribution in [3.63, 3.8) is 0 Å². The standard InChI is InChI=1S/C19H21N3O3/c1-19(2,3)25-18(24)21-11-8-15(13-17(21)23)14-6-4-7-16(12-14)22-10-5-9-20-22/h4-7,9-10,12-13H,8,11H2,1-3H3. The summed E-state index contributed by atoms with van der Waals surface area (Å²) in [6.07, 6.45) is 5.08. The van der Waals surface area contributed by atoms with Crippen LogP contribution >= 0.6 is 0 Å². The molecular formula is C19H21N3O3. The predicted octanol–water partition coefficient (Wildman–Crippen LogP) is 3.42. The molecule has 0 fully saturated rings. The monoisotopic (exact) mass is 339 g/mol. The van der Waals surface area contributed by atoms with Crippen LogP contribution in [-0.2, 0) is 9.53 Å². The van der Waals surface area contributed by atoms with Crippen LogP contribution in [0.2, 0.25) is 0 Å². The van der Waals surface area contributed by atoms with E-state index in [2.05, 4.69) is 5.10 Å². The van der Waals surface area contributed by atoms with Crippen molar-refractivity contribution in [3.05, 3.63) is 54.4 Å². The molecule has 6 nitrogen and oxygen atoms in total. The third kappa shape index (κ3) is 3.96. The third-order valence-electron chi connectivity index (χ3n) is 3.77. The lowest BCUT2D eigenvalue weighted by Crippen LogP contribution is -2.42. The molecule has 1 aromatic heterocycles. The minimum atomic E-state index is -0.626. The average molecular weight is 339 g/mol. The second-order valence-electron chi connectivity index (χ2n) is 6.89. The van der Waals surface area contributed by atoms with Crippen molar-refractivity contribution >= 4 is 17.6 Å². The smallest absolute Gasteiger partial charge is 0.417 e. The zero-order valence-corrected chi connectivity index (χ0v) is 14.6. The summed E-state index contributed by atoms with van der Waals surface area (Å²) in [4.78, 5) is 25.6. The molecule has 2 amide bonds. The SMILES string of the molecule is CC(C)(C)OC(=O)N1CCC(c2cccc(-n3cccn3)c2)=CC1=O. The summed E-state index contributed by atoms with van der Waals surface area (Å²) in [5.41, 5.74) is 2.15. The quantitative estimate of drug-likeness (QED) is 0.841. The van der Waals surface area contributed by atoms with Crippen molar-refractivity contribution in [3.8, 4) is 5.69 Å². The van der Waals surface area contributed by atoms with E-state index in [1.54, 1.807) is 31.6 Å². The molecule has 0 aliphatic carbocycles. The van der Waals surface area contributed by atoms with Gasteiger partial charge in [-0.25, -0.2) is 14.4 Å². The van der Waals surface area contributed by atoms with Gasteiger partial charge >= 0.3 is 6.09 Å². The number of amides is 2. The molecule has 0 atom stereocenters. The van der Waals surface area contributed by atoms with Gasteiger partial charge in [0.25, 0.3) is 5.91 Å². The fraction of sp³-hybridized carbons (Fsp3) is 0.316. The number of rotatable bonds is 2. The number of ether oxygens (including phenoxy) is 1. The zero-order valence-electron chi connectivity index (χ0n) is 14.6. The van der Waals surface area contributed by atoms with E-state index in [-0.39, 0.29) is 5.91 Å². The summed E-state index contributed by atoms with van der Waals surface area (Å²) >= 11 is 0. The molecule has 0 N–H and O–H groups in total. The molecule has 25 heavy (non-hydrogen) atoms. The Kier molecular flexibility index (Phi) is 4.44. The van der Waals surface area contributed by atoms with Crippen LogP contribution in [0.25, 0.3) is 11.3 Å². The fourth-order valence-corrected chi connectivity index (χ4v) is 2.64. The molecule has 2 aromatic rings. The molecule has 0 saturated heterocycles. The number of hydrogen-bond acceptors (Lipinski definition) is 4. The highest BCUT2D eigenvalue weighted by Crippen LogP contribution is 2.25. The molecule has 130 valence electrons. The van der Waals surface area contributed by atoms with Crippen LogP contribution in [-0.4, -0.2) is 38.8 Å². The average Bonchev–Trinajstić information content (AvgIpc) is 3.07. The molecule has 0 spiro atoms. The Labute approximate surface area is 146 Å². The summed E-state index contributed by atoms with van der Waals surface area (Å²) in [5.74, 6) is -0.347. The van der Waals surface area contributed by atoms with Crippen molar-refractivity contribution in [1.82, 2.24) is 14.7 Å². The van der Waals surface area contributed by atoms with E-state index in [0.29, 0.717) is 13.0 Å². The molecule has 1 aliphatic heterocycles. The summed E-state index contributed by atoms with van der Waals surface area (Å²) in [6.45, 7) is 5.65. The third-order valence-corrected chi connectivity index (χ3v) is 3.77. The van der Waals surface area contributed by atoms with Crippen molar-refractivity contribution in [2.75, 3.05) is 6.54 Å². The predicted molar refractivity (Wildman–Crippen MR) is 94.1 cm³/mol. The Balaban J connectivity index is 1.79. The Morgan fingerprint density at radius 3 is 2.68 bits per heavy atom. The lowest BCUT2D eigenvalue weighted by atomic mass is 9.99. The topological polar surface area (TPSA) is 64.4 Å². The van der Waals surface area contributed by atoms with E-state index in [1.807, 2.05) is 36.5 Å². The molecule has 1 aromatic carbocycles. The van der Waals surface area contributed by atoms with Crippen LogP contribution in [0.3, 0.4) is 0 Å². The lowest BCUT2D eigenvalue weighted by Gasteiger charge is -2.28. The van der Waals surface area contributed by atoms with E-state index in [9.17, 15) is 9.59 Å². The van der Waals surface area contributed by atoms with Crippen molar-refractivity contribution < 1.29 is 14.3 Å². The number of carbonyl (C=O) groups is 2. The molecule has 3 rings (SSSR count). The van der Waals surface area contributed by atoms with Gasteiger partial charge in [-0.15, -0.1) is 0 Å². The minimum absolute atomic E-state index is 0.311. The van der Waals surface area contributed by atoms with Crippen LogP contribution < -0.4 is 0 Å². The Morgan fingerprint density at radius 1 is 1.24 bits per heavy atom. The number of benzene rings is 1. The number of carbonyl (C=O) groups excluding carboxylic acids is 2. The van der Waals surface area contributed by atoms with Crippen molar-refractivity contribution in [2.45, 2.75) is 32.8 Å². The van der Waals surface area contributed by atoms with Crippen molar-refractivity contribution in [2.24, 2.45) is 0 Å². The second-order valence-corrected chi connectivity index (χ2v) is 6.89. The van der Waals surface area contributed by atoms with Gasteiger partial charge < -0.3 is 4.74 Å². The van der Waals surface area contributed by atoms with Gasteiger partial charge in [0.2, 0.25) is 0 Å². The van der Waals surface area contributed by atoms with E-state index < -0.39 is 11.7 Å². The first-order valence-electron chi connectivity index (χ1n) is 8.19. The van der Waals surface area contributed by atoms with E-state index in [4.69, 9.17) is 4.74 Å². The first-order valence-corrected chi connectivity index (χ1v) is 8.19. The van der Waals surface area contributed by atoms with Gasteiger partial charge in [-0.2, -0.15) is 5.10 Å². The summed E-state index contributed by atoms with van der Waals surface area (Å²) < 4.78 is 7.05. The highest BCUT2D eigenvalue weighted by Gasteiger charge is 2.29. The van der Waals surface area contributed by atoms with Gasteiger partial charge in [-0.1, -0.05) is 12.1 Å². The summed E-state index contributed by atoms with van der Waals surface area (Å²) in [7, 11) is 0. The summed E-state index contributed by atoms with van der Waals surface area (Å²) in [6, 6.07) is 9.67. The maximum atomic E-state index is 12.4. The lowest BCUT2D eigenvalue weighted by molar-refractivity contribution is -0.125. The first kappa shape index (κ1) is 17.0. The molecule has 0 saturated carbocycles. The number of imide groups is 1. The van der Waals surface area contributed by atoms with Crippen LogP contribution in [0.4, 0.5) is 4.79 Å². The Bertz CT molecular complexity index is 817. The van der Waals surface area contributed by atoms with Crippen molar-refractivity contribution in [1.29, 1.82) is 0 Å². The van der Waals surface area contributed by atoms with E-state index in [0.717, 1.165) is 21.7 Å². The van der Waals surface area contributed by atoms with Gasteiger partial charge in [0.1, 0.15) is 5.60 Å². The number of nitrogens with zero attached hydrogens (tertiary/aromatic N) is 3. The van der Waals surface area contributed by atoms with Gasteiger partial charge in [-0.05, 0) is 56.5 Å². The van der Waals surface area contributed by atoms with E-state index in [1.165, 1.54) is 6.08 Å². The number of aromatic nitrogens is 2. The van der Waals surface area contributed by atoms with Gasteiger partial charge in [0.15, 0.2) is 0 Å². The Morgan fingerprint density at radius 2 is 2.04 bits per heavy atom. The largest absolute Gasteiger partial charge is 0.443 e. The van der Waals surface area contributed by atoms with Gasteiger partial charge in [-0.3, -0.25) is 4.79 Å². The van der Waals surface area contributed by atoms with Crippen LogP contribution in [0.15, 0.2) is 48.8 Å². The van der Waals surface area contributed by atoms with Crippen LogP contribution in [0, 0.1) is 0 Å². The molecule has 6 heteroatoms. The maximum absolute atomic E-state index is 12.4. The molecule has 2 heterocycles. The highest BCUT2D eigenvalue weighted by molar-refractivity contribution is 6.04. The molecule has 1 aliphatic rings. The number of hydrogen-bond donors (Lipinski definition) is 0. The second kappa shape index (κ2) is 6.55. The van der Waals surface area contributed by atoms with Gasteiger partial charge in [0.05, 0.1) is 5.69 Å². The molecule has 0 radical (unpaired) electrons. The zero-order chi connectivity index (χ0) is 18.0. The fourth-order valence-electron chi connectivity index (χ4n) is 2.64. The first-order chi connectivity index (χ1) is 11.8. The molecule has 0 unspecified atom stereocenters. The highest BCUT2D eigenvalue weighted by atomic mass is 16.6. The molecule has 0 bridgehead atoms. The normalized spacial score (nSPS) is 15.1. The van der Waals surface area contributed by atoms with Crippen LogP contribution in [0.5, 0.6) is 0 Å². The minimum Gasteiger partial charge on any atom is -0.443 e. The van der Waals surface area contributed by atoms with E-state index >= 15 is 0 Å². The molecular weight excluding hydrogens is 318 g/mol. The maximum Gasteiger partial charge on any atom is 0.417 e. The Hall–Kier alpha value is -2.89. The van der Waals surface area contributed by atoms with Crippen LogP contribution in [0.1, 0.15) is 32.8 Å². The summed E-state index contributed by atoms with van der Waals surface area (Å²) in [5, 5.41) is 4.22. The van der Waals surface area contributed by atoms with Gasteiger partial charge in [0, 0.05) is 25.0 Å².